The molecule has 4 aromatic heterocycles. The molecule has 0 unspecified atom stereocenters. The molecule has 1 N–H and O–H groups in total. The van der Waals surface area contributed by atoms with Gasteiger partial charge in [-0.3, -0.25) is 9.48 Å². The standard InChI is InChI=1S/C28H29N7O3/c1-14-26(15(2)38-33-14)21-9-23-20(10-25(21)37-4)27-24(29-16(3)30-28(27)31-23)8-18-7-22(17-5-6-17)32-35(18)19-11-34(12-19)13-36/h7,9-10,13,17,19H,5-6,8,11-12H2,1-4H3,(H,29,30,31). The lowest BCUT2D eigenvalue weighted by Gasteiger charge is -2.37. The van der Waals surface area contributed by atoms with E-state index in [2.05, 4.69) is 33.0 Å². The van der Waals surface area contributed by atoms with Gasteiger partial charge in [-0.1, -0.05) is 5.16 Å². The van der Waals surface area contributed by atoms with Crippen LogP contribution in [0.2, 0.25) is 0 Å². The van der Waals surface area contributed by atoms with Crippen LogP contribution < -0.4 is 4.74 Å². The molecule has 1 amide bonds. The first-order chi connectivity index (χ1) is 18.4. The lowest BCUT2D eigenvalue weighted by molar-refractivity contribution is -0.123. The zero-order chi connectivity index (χ0) is 26.1. The number of amides is 1. The van der Waals surface area contributed by atoms with Gasteiger partial charge in [0.15, 0.2) is 0 Å². The van der Waals surface area contributed by atoms with Crippen molar-refractivity contribution in [2.45, 2.75) is 52.0 Å². The maximum atomic E-state index is 11.2. The van der Waals surface area contributed by atoms with Crippen molar-refractivity contribution in [3.63, 3.8) is 0 Å². The average molecular weight is 512 g/mol. The third kappa shape index (κ3) is 3.58. The molecule has 0 spiro atoms. The van der Waals surface area contributed by atoms with Gasteiger partial charge in [0.25, 0.3) is 0 Å². The molecule has 1 saturated heterocycles. The fourth-order valence-electron chi connectivity index (χ4n) is 5.76. The summed E-state index contributed by atoms with van der Waals surface area (Å²) in [7, 11) is 1.68. The number of H-pyrrole nitrogens is 1. The second-order valence-electron chi connectivity index (χ2n) is 10.5. The lowest BCUT2D eigenvalue weighted by Crippen LogP contribution is -2.47. The highest BCUT2D eigenvalue weighted by Crippen LogP contribution is 2.42. The van der Waals surface area contributed by atoms with Crippen LogP contribution in [-0.2, 0) is 11.2 Å². The normalized spacial score (nSPS) is 15.9. The molecule has 2 aliphatic rings. The summed E-state index contributed by atoms with van der Waals surface area (Å²) in [6.45, 7) is 7.14. The fourth-order valence-corrected chi connectivity index (χ4v) is 5.76. The molecule has 0 bridgehead atoms. The second kappa shape index (κ2) is 8.41. The molecule has 1 aliphatic carbocycles. The number of nitrogens with one attached hydrogen (secondary N) is 1. The molecular formula is C28H29N7O3. The number of hydrogen-bond acceptors (Lipinski definition) is 7. The van der Waals surface area contributed by atoms with Gasteiger partial charge in [-0.25, -0.2) is 9.97 Å². The minimum atomic E-state index is 0.196. The Morgan fingerprint density at radius 1 is 1.16 bits per heavy atom. The molecule has 194 valence electrons. The summed E-state index contributed by atoms with van der Waals surface area (Å²) < 4.78 is 13.4. The summed E-state index contributed by atoms with van der Waals surface area (Å²) in [6.07, 6.45) is 3.91. The average Bonchev–Trinajstić information content (AvgIpc) is 3.43. The van der Waals surface area contributed by atoms with Gasteiger partial charge in [-0.15, -0.1) is 0 Å². The van der Waals surface area contributed by atoms with Crippen LogP contribution in [0.25, 0.3) is 33.1 Å². The lowest BCUT2D eigenvalue weighted by atomic mass is 10.00. The maximum Gasteiger partial charge on any atom is 0.209 e. The summed E-state index contributed by atoms with van der Waals surface area (Å²) >= 11 is 0. The predicted molar refractivity (Wildman–Crippen MR) is 141 cm³/mol. The Hall–Kier alpha value is -4.21. The Bertz CT molecular complexity index is 1700. The Morgan fingerprint density at radius 2 is 1.97 bits per heavy atom. The molecule has 2 fully saturated rings. The SMILES string of the molecule is COc1cc2c(cc1-c1c(C)noc1C)[nH]c1nc(C)nc(Cc3cc(C4CC4)nn3C3CN(C=O)C3)c12. The van der Waals surface area contributed by atoms with Crippen molar-refractivity contribution in [2.24, 2.45) is 0 Å². The number of ether oxygens (including phenoxy) is 1. The minimum Gasteiger partial charge on any atom is -0.496 e. The van der Waals surface area contributed by atoms with E-state index in [1.54, 1.807) is 12.0 Å². The molecule has 0 radical (unpaired) electrons. The third-order valence-electron chi connectivity index (χ3n) is 7.82. The van der Waals surface area contributed by atoms with Gasteiger partial charge in [-0.05, 0) is 51.8 Å². The van der Waals surface area contributed by atoms with Gasteiger partial charge in [0.1, 0.15) is 23.0 Å². The van der Waals surface area contributed by atoms with E-state index < -0.39 is 0 Å². The van der Waals surface area contributed by atoms with E-state index in [1.807, 2.05) is 20.8 Å². The van der Waals surface area contributed by atoms with E-state index in [9.17, 15) is 4.79 Å². The van der Waals surface area contributed by atoms with Crippen LogP contribution in [-0.4, -0.2) is 61.4 Å². The predicted octanol–water partition coefficient (Wildman–Crippen LogP) is 4.38. The number of methoxy groups -OCH3 is 1. The van der Waals surface area contributed by atoms with Gasteiger partial charge >= 0.3 is 0 Å². The number of rotatable bonds is 7. The van der Waals surface area contributed by atoms with Gasteiger partial charge in [0.05, 0.1) is 35.8 Å². The quantitative estimate of drug-likeness (QED) is 0.323. The first kappa shape index (κ1) is 22.9. The number of nitrogens with zero attached hydrogens (tertiary/aromatic N) is 6. The topological polar surface area (TPSA) is 115 Å². The van der Waals surface area contributed by atoms with Gasteiger partial charge in [0.2, 0.25) is 6.41 Å². The second-order valence-corrected chi connectivity index (χ2v) is 10.5. The van der Waals surface area contributed by atoms with E-state index in [-0.39, 0.29) is 6.04 Å². The van der Waals surface area contributed by atoms with Crippen LogP contribution in [0, 0.1) is 20.8 Å². The van der Waals surface area contributed by atoms with E-state index in [0.29, 0.717) is 31.3 Å². The molecule has 10 heteroatoms. The molecule has 0 atom stereocenters. The minimum absolute atomic E-state index is 0.196. The first-order valence-electron chi connectivity index (χ1n) is 13.0. The highest BCUT2D eigenvalue weighted by molar-refractivity contribution is 6.09. The number of aromatic nitrogens is 6. The maximum absolute atomic E-state index is 11.2. The number of likely N-dealkylation sites (tertiary alicyclic amines) is 1. The summed E-state index contributed by atoms with van der Waals surface area (Å²) in [5.41, 5.74) is 7.64. The monoisotopic (exact) mass is 511 g/mol. The van der Waals surface area contributed by atoms with Crippen LogP contribution in [0.15, 0.2) is 22.7 Å². The molecule has 1 aliphatic heterocycles. The molecule has 5 aromatic rings. The number of hydrogen-bond donors (Lipinski definition) is 1. The molecule has 7 rings (SSSR count). The summed E-state index contributed by atoms with van der Waals surface area (Å²) in [6, 6.07) is 6.56. The summed E-state index contributed by atoms with van der Waals surface area (Å²) in [4.78, 5) is 26.1. The van der Waals surface area contributed by atoms with Crippen LogP contribution in [0.4, 0.5) is 0 Å². The summed E-state index contributed by atoms with van der Waals surface area (Å²) in [5.74, 6) is 2.74. The van der Waals surface area contributed by atoms with E-state index in [4.69, 9.17) is 24.3 Å². The van der Waals surface area contributed by atoms with Crippen molar-refractivity contribution in [3.05, 3.63) is 52.6 Å². The van der Waals surface area contributed by atoms with Crippen LogP contribution in [0.3, 0.4) is 0 Å². The first-order valence-corrected chi connectivity index (χ1v) is 13.0. The molecular weight excluding hydrogens is 482 g/mol. The summed E-state index contributed by atoms with van der Waals surface area (Å²) in [5, 5.41) is 11.1. The highest BCUT2D eigenvalue weighted by atomic mass is 16.5. The zero-order valence-corrected chi connectivity index (χ0v) is 21.9. The number of carbonyl (C=O) groups excluding carboxylic acids is 1. The van der Waals surface area contributed by atoms with Gasteiger partial charge < -0.3 is 19.1 Å². The molecule has 1 saturated carbocycles. The Balaban J connectivity index is 1.37. The zero-order valence-electron chi connectivity index (χ0n) is 21.9. The van der Waals surface area contributed by atoms with Crippen molar-refractivity contribution in [1.82, 2.24) is 34.8 Å². The van der Waals surface area contributed by atoms with Gasteiger partial charge in [-0.2, -0.15) is 5.10 Å². The number of fused-ring (bicyclic) bond motifs is 3. The van der Waals surface area contributed by atoms with Crippen molar-refractivity contribution >= 4 is 28.3 Å². The number of aryl methyl sites for hydroxylation is 3. The third-order valence-corrected chi connectivity index (χ3v) is 7.82. The van der Waals surface area contributed by atoms with Crippen LogP contribution in [0.1, 0.15) is 59.2 Å². The number of carbonyl (C=O) groups is 1. The van der Waals surface area contributed by atoms with E-state index in [1.165, 1.54) is 12.8 Å². The van der Waals surface area contributed by atoms with Crippen molar-refractivity contribution < 1.29 is 14.1 Å². The smallest absolute Gasteiger partial charge is 0.209 e. The number of benzene rings is 1. The van der Waals surface area contributed by atoms with Crippen molar-refractivity contribution in [1.29, 1.82) is 0 Å². The number of aromatic amines is 1. The molecule has 10 nitrogen and oxygen atoms in total. The highest BCUT2D eigenvalue weighted by Gasteiger charge is 2.33. The molecule has 1 aromatic carbocycles. The van der Waals surface area contributed by atoms with Gasteiger partial charge in [0, 0.05) is 53.0 Å². The van der Waals surface area contributed by atoms with E-state index >= 15 is 0 Å². The van der Waals surface area contributed by atoms with E-state index in [0.717, 1.165) is 73.8 Å². The molecule has 5 heterocycles. The van der Waals surface area contributed by atoms with Crippen molar-refractivity contribution in [2.75, 3.05) is 20.2 Å². The van der Waals surface area contributed by atoms with Crippen LogP contribution in [0.5, 0.6) is 5.75 Å². The fraction of sp³-hybridized carbons (Fsp3) is 0.393. The van der Waals surface area contributed by atoms with Crippen LogP contribution >= 0.6 is 0 Å². The Labute approximate surface area is 219 Å². The largest absolute Gasteiger partial charge is 0.496 e. The Kier molecular flexibility index (Phi) is 5.08. The molecule has 38 heavy (non-hydrogen) atoms. The Morgan fingerprint density at radius 3 is 2.66 bits per heavy atom. The van der Waals surface area contributed by atoms with Crippen molar-refractivity contribution in [3.8, 4) is 16.9 Å².